The highest BCUT2D eigenvalue weighted by Crippen LogP contribution is 2.41. The Kier molecular flexibility index (Phi) is 10.2. The van der Waals surface area contributed by atoms with E-state index in [1.807, 2.05) is 0 Å². The first kappa shape index (κ1) is 20.3. The fourth-order valence-corrected chi connectivity index (χ4v) is 3.99. The number of hydrogen-bond donors (Lipinski definition) is 2. The molecule has 0 aliphatic heterocycles. The van der Waals surface area contributed by atoms with Gasteiger partial charge >= 0.3 is 11.9 Å². The molecule has 0 fully saturated rings. The van der Waals surface area contributed by atoms with E-state index in [1.165, 1.54) is 33.7 Å². The van der Waals surface area contributed by atoms with Crippen LogP contribution in [0.15, 0.2) is 57.4 Å². The average Bonchev–Trinajstić information content (AvgIpc) is 2.47. The van der Waals surface area contributed by atoms with Crippen LogP contribution in [-0.4, -0.2) is 22.2 Å². The van der Waals surface area contributed by atoms with Crippen LogP contribution in [0.1, 0.15) is 27.7 Å². The molecule has 0 aromatic rings. The van der Waals surface area contributed by atoms with Gasteiger partial charge in [0, 0.05) is 9.81 Å². The van der Waals surface area contributed by atoms with Crippen molar-refractivity contribution >= 4 is 33.5 Å². The maximum absolute atomic E-state index is 11.3. The van der Waals surface area contributed by atoms with Gasteiger partial charge in [0.25, 0.3) is 0 Å². The molecule has 0 aliphatic rings. The third-order valence-electron chi connectivity index (χ3n) is 2.42. The van der Waals surface area contributed by atoms with Crippen LogP contribution in [0.4, 0.5) is 0 Å². The smallest absolute Gasteiger partial charge is 0.336 e. The minimum atomic E-state index is -1.02. The summed E-state index contributed by atoms with van der Waals surface area (Å²) in [5.74, 6) is -2.03. The molecule has 0 spiro atoms. The molecule has 4 nitrogen and oxygen atoms in total. The van der Waals surface area contributed by atoms with Gasteiger partial charge in [-0.05, 0) is 27.7 Å². The zero-order valence-corrected chi connectivity index (χ0v) is 14.6. The van der Waals surface area contributed by atoms with Crippen LogP contribution in [0.3, 0.4) is 0 Å². The van der Waals surface area contributed by atoms with Crippen LogP contribution in [0.2, 0.25) is 0 Å². The molecule has 0 bridgehead atoms. The second-order valence-electron chi connectivity index (χ2n) is 3.91. The van der Waals surface area contributed by atoms with E-state index < -0.39 is 11.9 Å². The number of carboxylic acids is 2. The lowest BCUT2D eigenvalue weighted by Gasteiger charge is -2.09. The number of carbonyl (C=O) groups is 2. The Bertz CT molecular complexity index is 567. The summed E-state index contributed by atoms with van der Waals surface area (Å²) in [5.41, 5.74) is 0.369. The molecule has 0 aromatic heterocycles. The normalized spacial score (nSPS) is 14.5. The van der Waals surface area contributed by atoms with E-state index in [4.69, 9.17) is 5.11 Å². The summed E-state index contributed by atoms with van der Waals surface area (Å²) >= 11 is 0. The lowest BCUT2D eigenvalue weighted by atomic mass is 10.2. The maximum atomic E-state index is 11.3. The van der Waals surface area contributed by atoms with Crippen molar-refractivity contribution in [2.45, 2.75) is 27.7 Å². The van der Waals surface area contributed by atoms with Crippen LogP contribution >= 0.6 is 21.6 Å². The number of rotatable bonds is 8. The fourth-order valence-electron chi connectivity index (χ4n) is 1.45. The number of aliphatic carboxylic acids is 2. The number of allylic oxidation sites excluding steroid dienone is 5. The Morgan fingerprint density at radius 3 is 1.77 bits per heavy atom. The Balaban J connectivity index is 5.51. The summed E-state index contributed by atoms with van der Waals surface area (Å²) in [4.78, 5) is 23.6. The predicted octanol–water partition coefficient (Wildman–Crippen LogP) is 4.79. The van der Waals surface area contributed by atoms with Gasteiger partial charge in [0.2, 0.25) is 0 Å². The molecule has 0 atom stereocenters. The van der Waals surface area contributed by atoms with Gasteiger partial charge in [-0.15, -0.1) is 0 Å². The SMILES string of the molecule is C\C=C/C(SSC(=C/C)/C(=C\C)C(=O)O)=C(\C=C/C)C(=O)O. The first-order valence-corrected chi connectivity index (χ1v) is 8.71. The molecule has 0 heterocycles. The molecule has 2 N–H and O–H groups in total. The van der Waals surface area contributed by atoms with Crippen molar-refractivity contribution < 1.29 is 19.8 Å². The van der Waals surface area contributed by atoms with Crippen LogP contribution in [0.25, 0.3) is 0 Å². The summed E-state index contributed by atoms with van der Waals surface area (Å²) < 4.78 is 0. The Morgan fingerprint density at radius 2 is 1.41 bits per heavy atom. The van der Waals surface area contributed by atoms with Crippen molar-refractivity contribution in [3.8, 4) is 0 Å². The Hall–Kier alpha value is -1.66. The molecule has 0 radical (unpaired) electrons. The minimum absolute atomic E-state index is 0.172. The van der Waals surface area contributed by atoms with Gasteiger partial charge in [0.05, 0.1) is 11.1 Å². The van der Waals surface area contributed by atoms with Gasteiger partial charge in [-0.3, -0.25) is 0 Å². The monoisotopic (exact) mass is 340 g/mol. The van der Waals surface area contributed by atoms with Gasteiger partial charge < -0.3 is 10.2 Å². The van der Waals surface area contributed by atoms with Crippen molar-refractivity contribution in [2.75, 3.05) is 0 Å². The molecule has 120 valence electrons. The molecule has 0 unspecified atom stereocenters. The molecule has 22 heavy (non-hydrogen) atoms. The minimum Gasteiger partial charge on any atom is -0.478 e. The summed E-state index contributed by atoms with van der Waals surface area (Å²) in [7, 11) is 2.45. The van der Waals surface area contributed by atoms with Gasteiger partial charge in [-0.25, -0.2) is 9.59 Å². The quantitative estimate of drug-likeness (QED) is 0.376. The molecule has 6 heteroatoms. The van der Waals surface area contributed by atoms with Crippen molar-refractivity contribution in [2.24, 2.45) is 0 Å². The highest BCUT2D eigenvalue weighted by molar-refractivity contribution is 8.79. The van der Waals surface area contributed by atoms with Gasteiger partial charge in [0.1, 0.15) is 0 Å². The van der Waals surface area contributed by atoms with E-state index in [1.54, 1.807) is 52.0 Å². The van der Waals surface area contributed by atoms with E-state index in [0.717, 1.165) is 0 Å². The van der Waals surface area contributed by atoms with E-state index in [-0.39, 0.29) is 11.1 Å². The predicted molar refractivity (Wildman–Crippen MR) is 94.6 cm³/mol. The second kappa shape index (κ2) is 11.0. The standard InChI is InChI=1S/C16H20O4S2/c1-5-9-12(16(19)20)14(10-6-2)22-21-13(8-4)11(7-3)15(17)18/h5-10H,1-4H3,(H,17,18)(H,19,20)/b9-5-,10-6-,11-7+,13-8+,14-12-. The Labute approximate surface area is 138 Å². The van der Waals surface area contributed by atoms with Gasteiger partial charge in [0.15, 0.2) is 0 Å². The van der Waals surface area contributed by atoms with Crippen LogP contribution < -0.4 is 0 Å². The average molecular weight is 340 g/mol. The first-order chi connectivity index (χ1) is 10.4. The third-order valence-corrected chi connectivity index (χ3v) is 5.00. The van der Waals surface area contributed by atoms with Crippen LogP contribution in [0, 0.1) is 0 Å². The summed E-state index contributed by atoms with van der Waals surface area (Å²) in [6.07, 6.45) is 9.85. The molecule has 0 amide bonds. The zero-order valence-electron chi connectivity index (χ0n) is 13.0. The fraction of sp³-hybridized carbons (Fsp3) is 0.250. The maximum Gasteiger partial charge on any atom is 0.336 e. The van der Waals surface area contributed by atoms with Crippen molar-refractivity contribution in [1.82, 2.24) is 0 Å². The molecule has 0 saturated carbocycles. The molecule has 0 rings (SSSR count). The molecule has 0 aromatic carbocycles. The van der Waals surface area contributed by atoms with E-state index >= 15 is 0 Å². The van der Waals surface area contributed by atoms with Crippen molar-refractivity contribution in [3.05, 3.63) is 57.4 Å². The first-order valence-electron chi connectivity index (χ1n) is 6.56. The molecule has 0 aliphatic carbocycles. The van der Waals surface area contributed by atoms with Gasteiger partial charge in [-0.1, -0.05) is 58.0 Å². The van der Waals surface area contributed by atoms with E-state index in [9.17, 15) is 14.7 Å². The molecule has 0 saturated heterocycles. The van der Waals surface area contributed by atoms with Gasteiger partial charge in [-0.2, -0.15) is 0 Å². The number of hydrogen-bond acceptors (Lipinski definition) is 4. The van der Waals surface area contributed by atoms with Crippen molar-refractivity contribution in [1.29, 1.82) is 0 Å². The summed E-state index contributed by atoms with van der Waals surface area (Å²) in [6.45, 7) is 6.95. The lowest BCUT2D eigenvalue weighted by molar-refractivity contribution is -0.133. The molecular weight excluding hydrogens is 320 g/mol. The van der Waals surface area contributed by atoms with Crippen LogP contribution in [-0.2, 0) is 9.59 Å². The van der Waals surface area contributed by atoms with E-state index in [2.05, 4.69) is 0 Å². The largest absolute Gasteiger partial charge is 0.478 e. The van der Waals surface area contributed by atoms with Crippen molar-refractivity contribution in [3.63, 3.8) is 0 Å². The summed E-state index contributed by atoms with van der Waals surface area (Å²) in [6, 6.07) is 0. The zero-order chi connectivity index (χ0) is 17.1. The lowest BCUT2D eigenvalue weighted by Crippen LogP contribution is -2.01. The number of carboxylic acid groups (broad SMARTS) is 2. The van der Waals surface area contributed by atoms with E-state index in [0.29, 0.717) is 9.81 Å². The second-order valence-corrected chi connectivity index (χ2v) is 6.12. The molecular formula is C16H20O4S2. The topological polar surface area (TPSA) is 74.6 Å². The third kappa shape index (κ3) is 6.41. The van der Waals surface area contributed by atoms with Crippen LogP contribution in [0.5, 0.6) is 0 Å². The summed E-state index contributed by atoms with van der Waals surface area (Å²) in [5, 5.41) is 18.4. The Morgan fingerprint density at radius 1 is 0.818 bits per heavy atom. The highest BCUT2D eigenvalue weighted by atomic mass is 33.1. The highest BCUT2D eigenvalue weighted by Gasteiger charge is 2.15.